The molecule has 0 aliphatic heterocycles. The highest BCUT2D eigenvalue weighted by molar-refractivity contribution is 6.52. The van der Waals surface area contributed by atoms with Gasteiger partial charge in [-0.3, -0.25) is 4.79 Å². The van der Waals surface area contributed by atoms with Gasteiger partial charge in [0.25, 0.3) is 0 Å². The summed E-state index contributed by atoms with van der Waals surface area (Å²) in [6.07, 6.45) is 3.30. The molecule has 0 radical (unpaired) electrons. The summed E-state index contributed by atoms with van der Waals surface area (Å²) in [5.41, 5.74) is 0. The van der Waals surface area contributed by atoms with Crippen molar-refractivity contribution in [3.8, 4) is 0 Å². The van der Waals surface area contributed by atoms with Gasteiger partial charge in [-0.15, -0.1) is 23.2 Å². The minimum atomic E-state index is -0.717. The Hall–Kier alpha value is 0.250. The van der Waals surface area contributed by atoms with Crippen LogP contribution in [0.4, 0.5) is 0 Å². The van der Waals surface area contributed by atoms with Gasteiger partial charge in [-0.25, -0.2) is 0 Å². The number of Topliss-reactive ketones (excluding diaryl/α,β-unsaturated/α-hetero) is 1. The van der Waals surface area contributed by atoms with Crippen LogP contribution in [0.1, 0.15) is 32.6 Å². The van der Waals surface area contributed by atoms with E-state index in [-0.39, 0.29) is 11.7 Å². The molecular weight excluding hydrogens is 183 g/mol. The molecule has 1 rings (SSSR count). The van der Waals surface area contributed by atoms with Crippen LogP contribution < -0.4 is 0 Å². The molecule has 0 aromatic carbocycles. The fourth-order valence-electron chi connectivity index (χ4n) is 1.09. The van der Waals surface area contributed by atoms with Crippen molar-refractivity contribution in [3.63, 3.8) is 0 Å². The lowest BCUT2D eigenvalue weighted by molar-refractivity contribution is -0.120. The largest absolute Gasteiger partial charge is 0.299 e. The number of carbonyl (C=O) groups excluding carboxylic acids is 1. The molecule has 0 spiro atoms. The first-order valence-electron chi connectivity index (χ1n) is 3.98. The Labute approximate surface area is 77.1 Å². The molecule has 1 fully saturated rings. The molecule has 0 amide bonds. The summed E-state index contributed by atoms with van der Waals surface area (Å²) < 4.78 is -0.717. The summed E-state index contributed by atoms with van der Waals surface area (Å²) in [5, 5.41) is 0. The van der Waals surface area contributed by atoms with Gasteiger partial charge in [-0.2, -0.15) is 0 Å². The van der Waals surface area contributed by atoms with Crippen molar-refractivity contribution < 1.29 is 4.79 Å². The summed E-state index contributed by atoms with van der Waals surface area (Å²) in [4.78, 5) is 11.2. The van der Waals surface area contributed by atoms with Crippen molar-refractivity contribution in [2.45, 2.75) is 36.9 Å². The highest BCUT2D eigenvalue weighted by Crippen LogP contribution is 2.54. The second-order valence-electron chi connectivity index (χ2n) is 3.09. The van der Waals surface area contributed by atoms with Gasteiger partial charge in [0.05, 0.1) is 5.92 Å². The van der Waals surface area contributed by atoms with E-state index in [1.807, 2.05) is 0 Å². The molecule has 3 heteroatoms. The quantitative estimate of drug-likeness (QED) is 0.630. The highest BCUT2D eigenvalue weighted by Gasteiger charge is 2.55. The standard InChI is InChI=1S/C8H12Cl2O/c1-2-3-4-7(11)6-5-8(6,9)10/h6H,2-5H2,1H3. The summed E-state index contributed by atoms with van der Waals surface area (Å²) in [7, 11) is 0. The molecule has 11 heavy (non-hydrogen) atoms. The minimum Gasteiger partial charge on any atom is -0.299 e. The fourth-order valence-corrected chi connectivity index (χ4v) is 1.64. The monoisotopic (exact) mass is 194 g/mol. The molecular formula is C8H12Cl2O. The maximum atomic E-state index is 11.2. The number of carbonyl (C=O) groups is 1. The molecule has 1 saturated carbocycles. The summed E-state index contributed by atoms with van der Waals surface area (Å²) in [6, 6.07) is 0. The normalized spacial score (nSPS) is 26.6. The highest BCUT2D eigenvalue weighted by atomic mass is 35.5. The van der Waals surface area contributed by atoms with E-state index in [0.717, 1.165) is 12.8 Å². The van der Waals surface area contributed by atoms with Crippen LogP contribution in [0.5, 0.6) is 0 Å². The third kappa shape index (κ3) is 2.34. The van der Waals surface area contributed by atoms with E-state index in [0.29, 0.717) is 12.8 Å². The molecule has 0 heterocycles. The van der Waals surface area contributed by atoms with Crippen molar-refractivity contribution in [2.75, 3.05) is 0 Å². The molecule has 1 aliphatic carbocycles. The van der Waals surface area contributed by atoms with E-state index in [1.165, 1.54) is 0 Å². The molecule has 1 atom stereocenters. The molecule has 0 aromatic heterocycles. The average molecular weight is 195 g/mol. The van der Waals surface area contributed by atoms with Crippen LogP contribution in [0.25, 0.3) is 0 Å². The molecule has 1 nitrogen and oxygen atoms in total. The average Bonchev–Trinajstić information content (AvgIpc) is 2.55. The smallest absolute Gasteiger partial charge is 0.139 e. The molecule has 0 bridgehead atoms. The topological polar surface area (TPSA) is 17.1 Å². The Morgan fingerprint density at radius 2 is 2.18 bits per heavy atom. The van der Waals surface area contributed by atoms with Gasteiger partial charge < -0.3 is 0 Å². The number of ketones is 1. The first kappa shape index (κ1) is 9.34. The van der Waals surface area contributed by atoms with Gasteiger partial charge in [-0.05, 0) is 12.8 Å². The summed E-state index contributed by atoms with van der Waals surface area (Å²) in [6.45, 7) is 2.06. The molecule has 0 N–H and O–H groups in total. The van der Waals surface area contributed by atoms with Gasteiger partial charge in [-0.1, -0.05) is 13.3 Å². The van der Waals surface area contributed by atoms with Crippen molar-refractivity contribution >= 4 is 29.0 Å². The molecule has 0 aromatic rings. The van der Waals surface area contributed by atoms with E-state index in [9.17, 15) is 4.79 Å². The number of hydrogen-bond donors (Lipinski definition) is 0. The van der Waals surface area contributed by atoms with E-state index in [2.05, 4.69) is 6.92 Å². The van der Waals surface area contributed by atoms with Crippen LogP contribution in [0.3, 0.4) is 0 Å². The lowest BCUT2D eigenvalue weighted by Gasteiger charge is -1.97. The number of unbranched alkanes of at least 4 members (excludes halogenated alkanes) is 1. The molecule has 0 saturated heterocycles. The number of halogens is 2. The number of hydrogen-bond acceptors (Lipinski definition) is 1. The van der Waals surface area contributed by atoms with Crippen LogP contribution in [-0.2, 0) is 4.79 Å². The first-order valence-corrected chi connectivity index (χ1v) is 4.74. The van der Waals surface area contributed by atoms with Gasteiger partial charge in [0, 0.05) is 6.42 Å². The third-order valence-electron chi connectivity index (χ3n) is 1.99. The zero-order chi connectivity index (χ0) is 8.48. The Morgan fingerprint density at radius 1 is 1.64 bits per heavy atom. The van der Waals surface area contributed by atoms with Crippen LogP contribution >= 0.6 is 23.2 Å². The second kappa shape index (κ2) is 3.32. The van der Waals surface area contributed by atoms with E-state index in [4.69, 9.17) is 23.2 Å². The van der Waals surface area contributed by atoms with E-state index >= 15 is 0 Å². The number of alkyl halides is 2. The predicted molar refractivity (Wildman–Crippen MR) is 47.1 cm³/mol. The van der Waals surface area contributed by atoms with Crippen molar-refractivity contribution in [1.82, 2.24) is 0 Å². The maximum absolute atomic E-state index is 11.2. The van der Waals surface area contributed by atoms with Gasteiger partial charge in [0.15, 0.2) is 0 Å². The molecule has 1 aliphatic rings. The van der Waals surface area contributed by atoms with Crippen LogP contribution in [0.2, 0.25) is 0 Å². The van der Waals surface area contributed by atoms with E-state index in [1.54, 1.807) is 0 Å². The van der Waals surface area contributed by atoms with Crippen LogP contribution in [0.15, 0.2) is 0 Å². The SMILES string of the molecule is CCCCC(=O)C1CC1(Cl)Cl. The van der Waals surface area contributed by atoms with E-state index < -0.39 is 4.33 Å². The molecule has 1 unspecified atom stereocenters. The number of rotatable bonds is 4. The lowest BCUT2D eigenvalue weighted by atomic mass is 10.1. The second-order valence-corrected chi connectivity index (χ2v) is 4.63. The summed E-state index contributed by atoms with van der Waals surface area (Å²) >= 11 is 11.5. The third-order valence-corrected chi connectivity index (χ3v) is 2.83. The lowest BCUT2D eigenvalue weighted by Crippen LogP contribution is -2.05. The maximum Gasteiger partial charge on any atom is 0.139 e. The minimum absolute atomic E-state index is 0.0719. The van der Waals surface area contributed by atoms with Crippen LogP contribution in [-0.4, -0.2) is 10.1 Å². The molecule has 64 valence electrons. The first-order chi connectivity index (χ1) is 5.08. The Balaban J connectivity index is 2.23. The van der Waals surface area contributed by atoms with Gasteiger partial charge >= 0.3 is 0 Å². The van der Waals surface area contributed by atoms with Gasteiger partial charge in [0.2, 0.25) is 0 Å². The Kier molecular flexibility index (Phi) is 2.82. The fraction of sp³-hybridized carbons (Fsp3) is 0.875. The van der Waals surface area contributed by atoms with Crippen molar-refractivity contribution in [3.05, 3.63) is 0 Å². The predicted octanol–water partition coefficient (Wildman–Crippen LogP) is 2.94. The summed E-state index contributed by atoms with van der Waals surface area (Å²) in [5.74, 6) is 0.161. The van der Waals surface area contributed by atoms with Crippen molar-refractivity contribution in [1.29, 1.82) is 0 Å². The van der Waals surface area contributed by atoms with Crippen LogP contribution in [0, 0.1) is 5.92 Å². The zero-order valence-electron chi connectivity index (χ0n) is 6.57. The van der Waals surface area contributed by atoms with Gasteiger partial charge in [0.1, 0.15) is 10.1 Å². The Morgan fingerprint density at radius 3 is 2.55 bits per heavy atom. The Bertz CT molecular complexity index is 165. The zero-order valence-corrected chi connectivity index (χ0v) is 8.08. The van der Waals surface area contributed by atoms with Crippen molar-refractivity contribution in [2.24, 2.45) is 5.92 Å².